The monoisotopic (exact) mass is 880 g/mol. The molecule has 6 nitrogen and oxygen atoms in total. The van der Waals surface area contributed by atoms with E-state index in [0.717, 1.165) is 89.0 Å². The van der Waals surface area contributed by atoms with Gasteiger partial charge in [0, 0.05) is 63.6 Å². The quantitative estimate of drug-likeness (QED) is 0.156. The Morgan fingerprint density at radius 2 is 1.24 bits per heavy atom. The van der Waals surface area contributed by atoms with E-state index in [-0.39, 0.29) is 22.1 Å². The van der Waals surface area contributed by atoms with Crippen molar-refractivity contribution in [3.8, 4) is 28.4 Å². The van der Waals surface area contributed by atoms with Crippen molar-refractivity contribution < 1.29 is 13.5 Å². The molecule has 0 unspecified atom stereocenters. The normalized spacial score (nSPS) is 13.2. The summed E-state index contributed by atoms with van der Waals surface area (Å²) in [6, 6.07) is 55.2. The van der Waals surface area contributed by atoms with E-state index in [1.807, 2.05) is 54.7 Å². The summed E-state index contributed by atoms with van der Waals surface area (Å²) in [5.41, 5.74) is 12.8. The second-order valence-corrected chi connectivity index (χ2v) is 20.9. The molecule has 0 atom stereocenters. The number of para-hydroxylation sites is 3. The standard InChI is InChI=1S/C60H53FN4O2/c1-58(2,3)37-27-28-62-55(32-37)65-51-26-23-40(61)33-50(51)45-25-24-44(35-53(45)65)66-43-16-12-15-41(34-43)63-36-64(42-30-38(59(4,5)6)29-39(31-42)60(7,8)9)56-47(18-14-21-52(56)63)49-20-13-19-48-46-17-10-11-22-54(46)67-57(48)49/h10-35H,1-9H3/q+2. The first-order chi connectivity index (χ1) is 32.0. The van der Waals surface area contributed by atoms with Crippen molar-refractivity contribution in [1.29, 1.82) is 0 Å². The number of hydrogen-bond donors (Lipinski definition) is 0. The molecule has 10 aromatic rings. The fourth-order valence-electron chi connectivity index (χ4n) is 9.43. The molecule has 0 fully saturated rings. The van der Waals surface area contributed by atoms with Crippen molar-refractivity contribution in [1.82, 2.24) is 18.7 Å². The van der Waals surface area contributed by atoms with Gasteiger partial charge < -0.3 is 9.15 Å². The lowest BCUT2D eigenvalue weighted by atomic mass is 9.80. The summed E-state index contributed by atoms with van der Waals surface area (Å²) in [6.45, 7) is 20.2. The third-order valence-corrected chi connectivity index (χ3v) is 13.1. The summed E-state index contributed by atoms with van der Waals surface area (Å²) in [5, 5.41) is 3.90. The maximum Gasteiger partial charge on any atom is 0.503 e. The van der Waals surface area contributed by atoms with Gasteiger partial charge in [0.05, 0.1) is 22.7 Å². The third kappa shape index (κ3) is 7.31. The summed E-state index contributed by atoms with van der Waals surface area (Å²) in [4.78, 5) is 4.82. The Labute approximate surface area is 390 Å². The van der Waals surface area contributed by atoms with Crippen LogP contribution in [0.2, 0.25) is 0 Å². The molecule has 0 amide bonds. The number of benzene rings is 7. The fourth-order valence-corrected chi connectivity index (χ4v) is 9.43. The van der Waals surface area contributed by atoms with E-state index in [2.05, 4.69) is 173 Å². The maximum atomic E-state index is 14.8. The number of furan rings is 1. The summed E-state index contributed by atoms with van der Waals surface area (Å²) in [5.74, 6) is 1.78. The van der Waals surface area contributed by atoms with Crippen LogP contribution in [0.5, 0.6) is 11.5 Å². The summed E-state index contributed by atoms with van der Waals surface area (Å²) in [6.07, 6.45) is 1.85. The predicted octanol–water partition coefficient (Wildman–Crippen LogP) is 16.4. The molecule has 0 radical (unpaired) electrons. The molecule has 0 aliphatic carbocycles. The second kappa shape index (κ2) is 15.2. The molecule has 11 rings (SSSR count). The van der Waals surface area contributed by atoms with Gasteiger partial charge in [-0.25, -0.2) is 9.37 Å². The molecular weight excluding hydrogens is 828 g/mol. The number of rotatable bonds is 6. The van der Waals surface area contributed by atoms with Crippen LogP contribution in [0.25, 0.3) is 60.7 Å². The van der Waals surface area contributed by atoms with Gasteiger partial charge in [0.25, 0.3) is 5.69 Å². The molecule has 330 valence electrons. The highest BCUT2D eigenvalue weighted by Gasteiger charge is 2.41. The molecule has 0 bridgehead atoms. The lowest BCUT2D eigenvalue weighted by Gasteiger charge is -2.24. The van der Waals surface area contributed by atoms with Crippen LogP contribution in [0.3, 0.4) is 0 Å². The van der Waals surface area contributed by atoms with Gasteiger partial charge in [-0.3, -0.25) is 4.57 Å². The van der Waals surface area contributed by atoms with Gasteiger partial charge in [-0.2, -0.15) is 0 Å². The van der Waals surface area contributed by atoms with E-state index in [0.29, 0.717) is 11.5 Å². The van der Waals surface area contributed by atoms with Crippen LogP contribution in [0.15, 0.2) is 162 Å². The molecule has 1 aliphatic heterocycles. The molecular formula is C60H53FN4O2+2. The van der Waals surface area contributed by atoms with Crippen molar-refractivity contribution in [3.63, 3.8) is 0 Å². The number of fused-ring (bicyclic) bond motifs is 7. The highest BCUT2D eigenvalue weighted by molar-refractivity contribution is 6.12. The zero-order valence-corrected chi connectivity index (χ0v) is 39.5. The Morgan fingerprint density at radius 1 is 0.537 bits per heavy atom. The zero-order valence-electron chi connectivity index (χ0n) is 39.5. The molecule has 1 aliphatic rings. The molecule has 0 saturated heterocycles. The van der Waals surface area contributed by atoms with Crippen LogP contribution in [0.4, 0.5) is 27.1 Å². The van der Waals surface area contributed by atoms with Gasteiger partial charge in [0.15, 0.2) is 0 Å². The highest BCUT2D eigenvalue weighted by atomic mass is 19.1. The number of hydrogen-bond acceptors (Lipinski definition) is 3. The Morgan fingerprint density at radius 3 is 2.01 bits per heavy atom. The van der Waals surface area contributed by atoms with E-state index in [4.69, 9.17) is 14.1 Å². The van der Waals surface area contributed by atoms with Gasteiger partial charge in [0.2, 0.25) is 11.4 Å². The lowest BCUT2D eigenvalue weighted by molar-refractivity contribution is 0.483. The van der Waals surface area contributed by atoms with Crippen LogP contribution < -0.4 is 13.9 Å². The third-order valence-electron chi connectivity index (χ3n) is 13.1. The first-order valence-corrected chi connectivity index (χ1v) is 23.0. The van der Waals surface area contributed by atoms with Gasteiger partial charge in [-0.05, 0) is 103 Å². The summed E-state index contributed by atoms with van der Waals surface area (Å²) < 4.78 is 34.7. The first-order valence-electron chi connectivity index (χ1n) is 23.0. The topological polar surface area (TPSA) is 46.2 Å². The van der Waals surface area contributed by atoms with Crippen molar-refractivity contribution in [3.05, 3.63) is 180 Å². The average Bonchev–Trinajstić information content (AvgIpc) is 3.98. The Hall–Kier alpha value is -7.60. The van der Waals surface area contributed by atoms with E-state index in [1.54, 1.807) is 6.07 Å². The average molecular weight is 881 g/mol. The first kappa shape index (κ1) is 42.1. The second-order valence-electron chi connectivity index (χ2n) is 20.9. The van der Waals surface area contributed by atoms with E-state index >= 15 is 0 Å². The fraction of sp³-hybridized carbons (Fsp3) is 0.200. The van der Waals surface area contributed by atoms with E-state index < -0.39 is 0 Å². The molecule has 3 aromatic heterocycles. The smallest absolute Gasteiger partial charge is 0.457 e. The van der Waals surface area contributed by atoms with Crippen molar-refractivity contribution in [2.45, 2.75) is 78.6 Å². The van der Waals surface area contributed by atoms with Crippen LogP contribution in [-0.4, -0.2) is 15.6 Å². The summed E-state index contributed by atoms with van der Waals surface area (Å²) in [7, 11) is 0. The SMILES string of the molecule is CC(C)(C)c1cc([N+]2=C=[N+](c3cccc(Oc4ccc5c6cc(F)ccc6n(-c6cc(C(C)(C)C)ccn6)c5c4)c3)c3cccc(-c4cccc5c4oc4ccccc45)c32)cc(C(C)(C)C)c1. The minimum atomic E-state index is -0.286. The number of halogens is 1. The lowest BCUT2D eigenvalue weighted by Crippen LogP contribution is -2.17. The minimum absolute atomic E-state index is 0.0838. The zero-order chi connectivity index (χ0) is 46.6. The molecule has 0 N–H and O–H groups in total. The van der Waals surface area contributed by atoms with Gasteiger partial charge in [-0.15, -0.1) is 0 Å². The number of ether oxygens (including phenoxy) is 1. The van der Waals surface area contributed by atoms with Crippen molar-refractivity contribution in [2.75, 3.05) is 0 Å². The number of nitrogens with zero attached hydrogens (tertiary/aromatic N) is 4. The Bertz CT molecular complexity index is 3700. The van der Waals surface area contributed by atoms with Crippen molar-refractivity contribution in [2.24, 2.45) is 0 Å². The van der Waals surface area contributed by atoms with Gasteiger partial charge in [-0.1, -0.05) is 117 Å². The molecule has 7 aromatic carbocycles. The summed E-state index contributed by atoms with van der Waals surface area (Å²) >= 11 is 0. The molecule has 4 heterocycles. The predicted molar refractivity (Wildman–Crippen MR) is 275 cm³/mol. The van der Waals surface area contributed by atoms with Crippen LogP contribution >= 0.6 is 0 Å². The number of aromatic nitrogens is 2. The molecule has 0 spiro atoms. The van der Waals surface area contributed by atoms with E-state index in [9.17, 15) is 4.39 Å². The highest BCUT2D eigenvalue weighted by Crippen LogP contribution is 2.47. The Kier molecular flexibility index (Phi) is 9.56. The van der Waals surface area contributed by atoms with E-state index in [1.165, 1.54) is 17.2 Å². The van der Waals surface area contributed by atoms with Crippen LogP contribution in [-0.2, 0) is 16.2 Å². The number of pyridine rings is 1. The van der Waals surface area contributed by atoms with Crippen molar-refractivity contribution >= 4 is 72.5 Å². The molecule has 67 heavy (non-hydrogen) atoms. The molecule has 7 heteroatoms. The van der Waals surface area contributed by atoms with Crippen LogP contribution in [0, 0.1) is 5.82 Å². The largest absolute Gasteiger partial charge is 0.503 e. The van der Waals surface area contributed by atoms with Gasteiger partial charge >= 0.3 is 11.7 Å². The molecule has 0 saturated carbocycles. The minimum Gasteiger partial charge on any atom is -0.457 e. The van der Waals surface area contributed by atoms with Crippen LogP contribution in [0.1, 0.15) is 79.0 Å². The van der Waals surface area contributed by atoms with Gasteiger partial charge in [0.1, 0.15) is 34.3 Å². The Balaban J connectivity index is 1.07. The maximum absolute atomic E-state index is 14.8.